The van der Waals surface area contributed by atoms with Gasteiger partial charge in [-0.25, -0.2) is 4.98 Å². The van der Waals surface area contributed by atoms with Crippen molar-refractivity contribution in [3.05, 3.63) is 52.0 Å². The van der Waals surface area contributed by atoms with Gasteiger partial charge in [0.25, 0.3) is 0 Å². The minimum Gasteiger partial charge on any atom is -0.322 e. The summed E-state index contributed by atoms with van der Waals surface area (Å²) < 4.78 is 37.8. The van der Waals surface area contributed by atoms with Crippen LogP contribution < -0.4 is 5.32 Å². The highest BCUT2D eigenvalue weighted by molar-refractivity contribution is 6.33. The molecular formula is C14H7Cl2F3N4O. The lowest BCUT2D eigenvalue weighted by molar-refractivity contribution is -0.137. The zero-order valence-electron chi connectivity index (χ0n) is 11.6. The zero-order valence-corrected chi connectivity index (χ0v) is 13.1. The molecule has 1 unspecified atom stereocenters. The number of aromatic nitrogens is 2. The van der Waals surface area contributed by atoms with Crippen molar-refractivity contribution in [3.8, 4) is 6.07 Å². The summed E-state index contributed by atoms with van der Waals surface area (Å²) in [5.74, 6) is -2.36. The fourth-order valence-electron chi connectivity index (χ4n) is 1.74. The summed E-state index contributed by atoms with van der Waals surface area (Å²) >= 11 is 11.5. The van der Waals surface area contributed by atoms with E-state index in [0.717, 1.165) is 0 Å². The minimum absolute atomic E-state index is 0.00554. The maximum absolute atomic E-state index is 12.6. The molecule has 124 valence electrons. The smallest absolute Gasteiger partial charge is 0.322 e. The van der Waals surface area contributed by atoms with Crippen LogP contribution in [0.15, 0.2) is 30.6 Å². The van der Waals surface area contributed by atoms with Crippen molar-refractivity contribution in [1.82, 2.24) is 9.97 Å². The second-order valence-electron chi connectivity index (χ2n) is 4.48. The number of alkyl halides is 3. The van der Waals surface area contributed by atoms with Gasteiger partial charge in [-0.1, -0.05) is 23.2 Å². The fraction of sp³-hybridized carbons (Fsp3) is 0.143. The van der Waals surface area contributed by atoms with Crippen LogP contribution in [0.25, 0.3) is 0 Å². The molecule has 0 aliphatic carbocycles. The highest BCUT2D eigenvalue weighted by Gasteiger charge is 2.33. The number of halogens is 5. The highest BCUT2D eigenvalue weighted by atomic mass is 35.5. The van der Waals surface area contributed by atoms with Crippen molar-refractivity contribution in [2.24, 2.45) is 0 Å². The Morgan fingerprint density at radius 3 is 2.58 bits per heavy atom. The molecule has 1 amide bonds. The first-order valence-corrected chi connectivity index (χ1v) is 7.03. The molecule has 2 rings (SSSR count). The maximum Gasteiger partial charge on any atom is 0.417 e. The van der Waals surface area contributed by atoms with Crippen LogP contribution in [0.3, 0.4) is 0 Å². The van der Waals surface area contributed by atoms with Gasteiger partial charge >= 0.3 is 6.18 Å². The van der Waals surface area contributed by atoms with Gasteiger partial charge in [-0.3, -0.25) is 9.78 Å². The molecule has 0 aliphatic rings. The van der Waals surface area contributed by atoms with E-state index in [1.54, 1.807) is 6.07 Å². The summed E-state index contributed by atoms with van der Waals surface area (Å²) in [6.45, 7) is 0. The van der Waals surface area contributed by atoms with E-state index in [1.165, 1.54) is 18.3 Å². The Hall–Kier alpha value is -2.37. The molecule has 10 heteroatoms. The van der Waals surface area contributed by atoms with E-state index in [1.807, 2.05) is 0 Å². The first-order chi connectivity index (χ1) is 11.2. The monoisotopic (exact) mass is 374 g/mol. The predicted molar refractivity (Wildman–Crippen MR) is 80.5 cm³/mol. The molecule has 0 bridgehead atoms. The molecule has 0 spiro atoms. The van der Waals surface area contributed by atoms with Crippen molar-refractivity contribution in [2.75, 3.05) is 5.32 Å². The quantitative estimate of drug-likeness (QED) is 0.822. The summed E-state index contributed by atoms with van der Waals surface area (Å²) in [7, 11) is 0. The summed E-state index contributed by atoms with van der Waals surface area (Å²) in [4.78, 5) is 19.5. The lowest BCUT2D eigenvalue weighted by Gasteiger charge is -2.13. The van der Waals surface area contributed by atoms with E-state index >= 15 is 0 Å². The van der Waals surface area contributed by atoms with E-state index in [9.17, 15) is 23.2 Å². The van der Waals surface area contributed by atoms with Gasteiger partial charge in [-0.15, -0.1) is 0 Å². The van der Waals surface area contributed by atoms with Gasteiger partial charge in [0.05, 0.1) is 28.0 Å². The van der Waals surface area contributed by atoms with E-state index < -0.39 is 28.6 Å². The van der Waals surface area contributed by atoms with Gasteiger partial charge in [0, 0.05) is 12.4 Å². The molecule has 2 heterocycles. The topological polar surface area (TPSA) is 78.7 Å². The Balaban J connectivity index is 2.30. The SMILES string of the molecule is N#CC(C(=O)Nc1cccnc1Cl)c1ncc(C(F)(F)F)cc1Cl. The lowest BCUT2D eigenvalue weighted by Crippen LogP contribution is -2.22. The van der Waals surface area contributed by atoms with Crippen LogP contribution in [-0.2, 0) is 11.0 Å². The van der Waals surface area contributed by atoms with Gasteiger partial charge < -0.3 is 5.32 Å². The normalized spacial score (nSPS) is 12.3. The summed E-state index contributed by atoms with van der Waals surface area (Å²) in [6.07, 6.45) is -2.73. The average Bonchev–Trinajstić information content (AvgIpc) is 2.51. The van der Waals surface area contributed by atoms with Crippen LogP contribution in [0, 0.1) is 11.3 Å². The molecule has 24 heavy (non-hydrogen) atoms. The van der Waals surface area contributed by atoms with Crippen LogP contribution in [0.2, 0.25) is 10.2 Å². The second kappa shape index (κ2) is 7.03. The lowest BCUT2D eigenvalue weighted by atomic mass is 10.0. The van der Waals surface area contributed by atoms with E-state index in [4.69, 9.17) is 23.2 Å². The Morgan fingerprint density at radius 2 is 2.04 bits per heavy atom. The molecule has 0 radical (unpaired) electrons. The van der Waals surface area contributed by atoms with Gasteiger partial charge in [0.15, 0.2) is 11.1 Å². The summed E-state index contributed by atoms with van der Waals surface area (Å²) in [6, 6.07) is 5.22. The summed E-state index contributed by atoms with van der Waals surface area (Å²) in [5, 5.41) is 11.1. The van der Waals surface area contributed by atoms with Crippen LogP contribution in [0.1, 0.15) is 17.2 Å². The minimum atomic E-state index is -4.64. The Bertz CT molecular complexity index is 820. The molecule has 2 aromatic rings. The third-order valence-electron chi connectivity index (χ3n) is 2.88. The number of nitrogens with zero attached hydrogens (tertiary/aromatic N) is 3. The second-order valence-corrected chi connectivity index (χ2v) is 5.25. The van der Waals surface area contributed by atoms with Gasteiger partial charge in [0.2, 0.25) is 5.91 Å². The largest absolute Gasteiger partial charge is 0.417 e. The Morgan fingerprint density at radius 1 is 1.33 bits per heavy atom. The molecule has 0 aromatic carbocycles. The number of carbonyl (C=O) groups is 1. The molecule has 0 aliphatic heterocycles. The Kier molecular flexibility index (Phi) is 5.26. The third kappa shape index (κ3) is 3.93. The van der Waals surface area contributed by atoms with E-state index in [-0.39, 0.29) is 16.5 Å². The first-order valence-electron chi connectivity index (χ1n) is 6.27. The van der Waals surface area contributed by atoms with Crippen LogP contribution in [-0.4, -0.2) is 15.9 Å². The van der Waals surface area contributed by atoms with Crippen molar-refractivity contribution in [3.63, 3.8) is 0 Å². The van der Waals surface area contributed by atoms with Crippen LogP contribution in [0.4, 0.5) is 18.9 Å². The molecule has 0 fully saturated rings. The van der Waals surface area contributed by atoms with Gasteiger partial charge in [-0.2, -0.15) is 18.4 Å². The number of nitrogens with one attached hydrogen (secondary N) is 1. The number of carbonyl (C=O) groups excluding carboxylic acids is 1. The van der Waals surface area contributed by atoms with Crippen molar-refractivity contribution in [1.29, 1.82) is 5.26 Å². The molecule has 1 atom stereocenters. The van der Waals surface area contributed by atoms with Crippen molar-refractivity contribution < 1.29 is 18.0 Å². The molecular weight excluding hydrogens is 368 g/mol. The number of nitriles is 1. The predicted octanol–water partition coefficient (Wildman–Crippen LogP) is 4.05. The molecule has 1 N–H and O–H groups in total. The number of hydrogen-bond donors (Lipinski definition) is 1. The fourth-order valence-corrected chi connectivity index (χ4v) is 2.19. The molecule has 0 saturated heterocycles. The van der Waals surface area contributed by atoms with Crippen LogP contribution in [0.5, 0.6) is 0 Å². The summed E-state index contributed by atoms with van der Waals surface area (Å²) in [5.41, 5.74) is -1.22. The molecule has 2 aromatic heterocycles. The number of anilines is 1. The molecule has 0 saturated carbocycles. The van der Waals surface area contributed by atoms with Gasteiger partial charge in [0.1, 0.15) is 0 Å². The van der Waals surface area contributed by atoms with Crippen molar-refractivity contribution in [2.45, 2.75) is 12.1 Å². The number of amides is 1. The first kappa shape index (κ1) is 18.0. The number of pyridine rings is 2. The molecule has 5 nitrogen and oxygen atoms in total. The average molecular weight is 375 g/mol. The number of hydrogen-bond acceptors (Lipinski definition) is 4. The zero-order chi connectivity index (χ0) is 17.9. The van der Waals surface area contributed by atoms with Crippen LogP contribution >= 0.6 is 23.2 Å². The standard InChI is InChI=1S/C14H7Cl2F3N4O/c15-9-4-7(14(17,18)19)6-22-11(9)8(5-20)13(24)23-10-2-1-3-21-12(10)16/h1-4,6,8H,(H,23,24). The van der Waals surface area contributed by atoms with Gasteiger partial charge in [-0.05, 0) is 18.2 Å². The Labute approximate surface area is 144 Å². The highest BCUT2D eigenvalue weighted by Crippen LogP contribution is 2.33. The maximum atomic E-state index is 12.6. The number of rotatable bonds is 3. The van der Waals surface area contributed by atoms with Crippen molar-refractivity contribution >= 4 is 34.8 Å². The third-order valence-corrected chi connectivity index (χ3v) is 3.48. The van der Waals surface area contributed by atoms with E-state index in [0.29, 0.717) is 12.3 Å². The van der Waals surface area contributed by atoms with E-state index in [2.05, 4.69) is 15.3 Å².